The third-order valence-electron chi connectivity index (χ3n) is 2.83. The molecular formula is C9H16N4. The first-order valence-corrected chi connectivity index (χ1v) is 4.69. The summed E-state index contributed by atoms with van der Waals surface area (Å²) in [6, 6.07) is 0.948. The van der Waals surface area contributed by atoms with E-state index in [0.29, 0.717) is 17.9 Å². The van der Waals surface area contributed by atoms with Crippen LogP contribution in [0.2, 0.25) is 0 Å². The van der Waals surface area contributed by atoms with Crippen molar-refractivity contribution in [1.82, 2.24) is 15.1 Å². The summed E-state index contributed by atoms with van der Waals surface area (Å²) in [5.74, 6) is 0.658. The van der Waals surface area contributed by atoms with Gasteiger partial charge in [0.2, 0.25) is 0 Å². The topological polar surface area (TPSA) is 57.9 Å². The molecule has 0 aliphatic carbocycles. The van der Waals surface area contributed by atoms with E-state index in [1.807, 2.05) is 0 Å². The molecule has 2 rings (SSSR count). The molecule has 0 fully saturated rings. The molecule has 13 heavy (non-hydrogen) atoms. The summed E-state index contributed by atoms with van der Waals surface area (Å²) in [7, 11) is 0. The van der Waals surface area contributed by atoms with Crippen LogP contribution in [-0.2, 0) is 6.54 Å². The molecule has 0 bridgehead atoms. The molecule has 1 aliphatic rings. The number of rotatable bonds is 1. The second-order valence-electron chi connectivity index (χ2n) is 3.94. The molecule has 72 valence electrons. The van der Waals surface area contributed by atoms with Crippen LogP contribution >= 0.6 is 0 Å². The molecule has 0 amide bonds. The minimum absolute atomic E-state index is 0.397. The fourth-order valence-electron chi connectivity index (χ4n) is 2.10. The molecule has 4 nitrogen and oxygen atoms in total. The lowest BCUT2D eigenvalue weighted by Gasteiger charge is -2.25. The SMILES string of the molecule is CC(C)N1Cc2[nH]nc(N)c2C1C. The molecule has 1 atom stereocenters. The van der Waals surface area contributed by atoms with Crippen molar-refractivity contribution in [3.05, 3.63) is 11.3 Å². The predicted molar refractivity (Wildman–Crippen MR) is 52.1 cm³/mol. The summed E-state index contributed by atoms with van der Waals surface area (Å²) in [5, 5.41) is 6.99. The number of nitrogens with two attached hydrogens (primary N) is 1. The third-order valence-corrected chi connectivity index (χ3v) is 2.83. The Hall–Kier alpha value is -1.03. The highest BCUT2D eigenvalue weighted by Crippen LogP contribution is 2.36. The average Bonchev–Trinajstić information content (AvgIpc) is 2.55. The third kappa shape index (κ3) is 1.13. The van der Waals surface area contributed by atoms with E-state index >= 15 is 0 Å². The lowest BCUT2D eigenvalue weighted by molar-refractivity contribution is 0.178. The van der Waals surface area contributed by atoms with Crippen molar-refractivity contribution in [2.45, 2.75) is 39.4 Å². The van der Waals surface area contributed by atoms with Crippen LogP contribution in [0.4, 0.5) is 5.82 Å². The Balaban J connectivity index is 2.34. The summed E-state index contributed by atoms with van der Waals surface area (Å²) >= 11 is 0. The fourth-order valence-corrected chi connectivity index (χ4v) is 2.10. The molecular weight excluding hydrogens is 164 g/mol. The predicted octanol–water partition coefficient (Wildman–Crippen LogP) is 1.28. The smallest absolute Gasteiger partial charge is 0.150 e. The lowest BCUT2D eigenvalue weighted by atomic mass is 10.1. The standard InChI is InChI=1S/C9H16N4/c1-5(2)13-4-7-8(6(13)3)9(10)12-11-7/h5-6H,4H2,1-3H3,(H3,10,11,12). The van der Waals surface area contributed by atoms with Gasteiger partial charge in [0.15, 0.2) is 0 Å². The van der Waals surface area contributed by atoms with E-state index in [-0.39, 0.29) is 0 Å². The summed E-state index contributed by atoms with van der Waals surface area (Å²) < 4.78 is 0. The van der Waals surface area contributed by atoms with Crippen molar-refractivity contribution in [3.8, 4) is 0 Å². The van der Waals surface area contributed by atoms with Gasteiger partial charge in [0, 0.05) is 24.2 Å². The van der Waals surface area contributed by atoms with Crippen molar-refractivity contribution in [2.75, 3.05) is 5.73 Å². The van der Waals surface area contributed by atoms with Crippen LogP contribution in [-0.4, -0.2) is 21.1 Å². The number of nitrogens with zero attached hydrogens (tertiary/aromatic N) is 2. The van der Waals surface area contributed by atoms with Crippen molar-refractivity contribution >= 4 is 5.82 Å². The van der Waals surface area contributed by atoms with Gasteiger partial charge in [0.25, 0.3) is 0 Å². The minimum atomic E-state index is 0.397. The number of anilines is 1. The summed E-state index contributed by atoms with van der Waals surface area (Å²) in [6.07, 6.45) is 0. The highest BCUT2D eigenvalue weighted by Gasteiger charge is 2.32. The maximum absolute atomic E-state index is 5.78. The molecule has 1 aromatic rings. The number of hydrogen-bond acceptors (Lipinski definition) is 3. The van der Waals surface area contributed by atoms with Crippen LogP contribution in [0.5, 0.6) is 0 Å². The van der Waals surface area contributed by atoms with Gasteiger partial charge in [0.1, 0.15) is 5.82 Å². The Labute approximate surface area is 78.1 Å². The lowest BCUT2D eigenvalue weighted by Crippen LogP contribution is -2.28. The largest absolute Gasteiger partial charge is 0.382 e. The van der Waals surface area contributed by atoms with Gasteiger partial charge in [-0.1, -0.05) is 0 Å². The van der Waals surface area contributed by atoms with Gasteiger partial charge in [-0.05, 0) is 20.8 Å². The molecule has 4 heteroatoms. The molecule has 0 saturated heterocycles. The van der Waals surface area contributed by atoms with Gasteiger partial charge in [-0.2, -0.15) is 5.10 Å². The van der Waals surface area contributed by atoms with Gasteiger partial charge in [0.05, 0.1) is 5.69 Å². The Kier molecular flexibility index (Phi) is 1.80. The van der Waals surface area contributed by atoms with Gasteiger partial charge in [-0.15, -0.1) is 0 Å². The molecule has 0 aromatic carbocycles. The van der Waals surface area contributed by atoms with E-state index in [9.17, 15) is 0 Å². The first kappa shape index (κ1) is 8.56. The van der Waals surface area contributed by atoms with Crippen LogP contribution in [0.3, 0.4) is 0 Å². The second-order valence-corrected chi connectivity index (χ2v) is 3.94. The zero-order valence-electron chi connectivity index (χ0n) is 8.33. The zero-order chi connectivity index (χ0) is 9.59. The number of aromatic nitrogens is 2. The molecule has 0 saturated carbocycles. The Bertz CT molecular complexity index is 315. The first-order chi connectivity index (χ1) is 6.11. The molecule has 1 aromatic heterocycles. The number of nitrogens with one attached hydrogen (secondary N) is 1. The molecule has 1 aliphatic heterocycles. The molecule has 2 heterocycles. The van der Waals surface area contributed by atoms with E-state index in [1.165, 1.54) is 11.3 Å². The Morgan fingerprint density at radius 1 is 1.62 bits per heavy atom. The second kappa shape index (κ2) is 2.73. The average molecular weight is 180 g/mol. The van der Waals surface area contributed by atoms with Crippen LogP contribution in [0.15, 0.2) is 0 Å². The summed E-state index contributed by atoms with van der Waals surface area (Å²) in [5.41, 5.74) is 8.14. The van der Waals surface area contributed by atoms with Gasteiger partial charge in [-0.25, -0.2) is 0 Å². The van der Waals surface area contributed by atoms with E-state index in [4.69, 9.17) is 5.73 Å². The number of nitrogen functional groups attached to an aromatic ring is 1. The van der Waals surface area contributed by atoms with Crippen molar-refractivity contribution in [1.29, 1.82) is 0 Å². The van der Waals surface area contributed by atoms with E-state index in [2.05, 4.69) is 35.9 Å². The fraction of sp³-hybridized carbons (Fsp3) is 0.667. The van der Waals surface area contributed by atoms with Gasteiger partial charge < -0.3 is 5.73 Å². The highest BCUT2D eigenvalue weighted by molar-refractivity contribution is 5.46. The van der Waals surface area contributed by atoms with Crippen LogP contribution in [0, 0.1) is 0 Å². The van der Waals surface area contributed by atoms with Crippen LogP contribution < -0.4 is 5.73 Å². The van der Waals surface area contributed by atoms with Crippen LogP contribution in [0.1, 0.15) is 38.1 Å². The van der Waals surface area contributed by atoms with E-state index < -0.39 is 0 Å². The number of H-pyrrole nitrogens is 1. The van der Waals surface area contributed by atoms with E-state index in [0.717, 1.165) is 6.54 Å². The molecule has 1 unspecified atom stereocenters. The zero-order valence-corrected chi connectivity index (χ0v) is 8.33. The van der Waals surface area contributed by atoms with Crippen LogP contribution in [0.25, 0.3) is 0 Å². The van der Waals surface area contributed by atoms with E-state index in [1.54, 1.807) is 0 Å². The number of aromatic amines is 1. The summed E-state index contributed by atoms with van der Waals surface area (Å²) in [4.78, 5) is 2.40. The minimum Gasteiger partial charge on any atom is -0.382 e. The van der Waals surface area contributed by atoms with Crippen molar-refractivity contribution in [3.63, 3.8) is 0 Å². The van der Waals surface area contributed by atoms with Crippen molar-refractivity contribution in [2.24, 2.45) is 0 Å². The Morgan fingerprint density at radius 2 is 2.31 bits per heavy atom. The van der Waals surface area contributed by atoms with Crippen molar-refractivity contribution < 1.29 is 0 Å². The first-order valence-electron chi connectivity index (χ1n) is 4.69. The Morgan fingerprint density at radius 3 is 2.85 bits per heavy atom. The van der Waals surface area contributed by atoms with Gasteiger partial charge in [-0.3, -0.25) is 10.00 Å². The molecule has 0 radical (unpaired) electrons. The highest BCUT2D eigenvalue weighted by atomic mass is 15.3. The summed E-state index contributed by atoms with van der Waals surface area (Å²) in [6.45, 7) is 7.52. The van der Waals surface area contributed by atoms with Gasteiger partial charge >= 0.3 is 0 Å². The monoisotopic (exact) mass is 180 g/mol. The quantitative estimate of drug-likeness (QED) is 0.684. The number of fused-ring (bicyclic) bond motifs is 1. The maximum atomic E-state index is 5.78. The normalized spacial score (nSPS) is 22.6. The molecule has 3 N–H and O–H groups in total. The molecule has 0 spiro atoms. The maximum Gasteiger partial charge on any atom is 0.150 e. The number of hydrogen-bond donors (Lipinski definition) is 2.